The topological polar surface area (TPSA) is 31.0 Å². The van der Waals surface area contributed by atoms with Crippen LogP contribution in [0.5, 0.6) is 0 Å². The predicted molar refractivity (Wildman–Crippen MR) is 85.4 cm³/mol. The molecule has 1 rings (SSSR count). The van der Waals surface area contributed by atoms with E-state index in [-0.39, 0.29) is 0 Å². The summed E-state index contributed by atoms with van der Waals surface area (Å²) < 4.78 is 5.32. The van der Waals surface area contributed by atoms with E-state index < -0.39 is 0 Å². The fourth-order valence-corrected chi connectivity index (χ4v) is 2.38. The zero-order valence-electron chi connectivity index (χ0n) is 13.7. The van der Waals surface area contributed by atoms with Gasteiger partial charge in [-0.1, -0.05) is 0 Å². The maximum Gasteiger partial charge on any atom is 0.0477 e. The molecule has 5 nitrogen and oxygen atoms in total. The first-order valence-corrected chi connectivity index (χ1v) is 8.10. The molecular weight excluding hydrogens is 252 g/mol. The van der Waals surface area contributed by atoms with Crippen LogP contribution in [0.15, 0.2) is 0 Å². The van der Waals surface area contributed by atoms with Crippen LogP contribution < -0.4 is 5.32 Å². The molecule has 1 aliphatic rings. The van der Waals surface area contributed by atoms with Crippen molar-refractivity contribution >= 4 is 0 Å². The van der Waals surface area contributed by atoms with Crippen LogP contribution in [0.1, 0.15) is 13.3 Å². The molecule has 0 bridgehead atoms. The second-order valence-electron chi connectivity index (χ2n) is 5.79. The highest BCUT2D eigenvalue weighted by Crippen LogP contribution is 2.00. The minimum atomic E-state index is 0.831. The van der Waals surface area contributed by atoms with E-state index in [1.807, 2.05) is 6.92 Å². The first kappa shape index (κ1) is 17.9. The number of nitrogens with one attached hydrogen (secondary N) is 1. The highest BCUT2D eigenvalue weighted by molar-refractivity contribution is 4.72. The average Bonchev–Trinajstić information content (AvgIpc) is 2.45. The number of hydrogen-bond acceptors (Lipinski definition) is 5. The molecular formula is C15H34N4O. The van der Waals surface area contributed by atoms with Gasteiger partial charge in [0, 0.05) is 65.6 Å². The zero-order valence-corrected chi connectivity index (χ0v) is 13.7. The predicted octanol–water partition coefficient (Wildman–Crippen LogP) is 0.182. The van der Waals surface area contributed by atoms with Gasteiger partial charge in [0.2, 0.25) is 0 Å². The standard InChI is InChI=1S/C15H34N4O/c1-4-20-15-5-6-16-7-8-18-11-13-19(14-12-18)10-9-17(2)3/h16H,4-15H2,1-3H3. The summed E-state index contributed by atoms with van der Waals surface area (Å²) in [4.78, 5) is 7.41. The van der Waals surface area contributed by atoms with Crippen molar-refractivity contribution in [2.75, 3.05) is 86.2 Å². The maximum absolute atomic E-state index is 5.32. The molecule has 5 heteroatoms. The van der Waals surface area contributed by atoms with Crippen molar-refractivity contribution < 1.29 is 4.74 Å². The smallest absolute Gasteiger partial charge is 0.0477 e. The third-order valence-electron chi connectivity index (χ3n) is 3.78. The van der Waals surface area contributed by atoms with Gasteiger partial charge in [0.15, 0.2) is 0 Å². The SMILES string of the molecule is CCOCCCNCCN1CCN(CCN(C)C)CC1. The Morgan fingerprint density at radius 2 is 1.65 bits per heavy atom. The molecule has 0 aromatic heterocycles. The van der Waals surface area contributed by atoms with Gasteiger partial charge in [-0.05, 0) is 34.0 Å². The first-order chi connectivity index (χ1) is 9.72. The van der Waals surface area contributed by atoms with Crippen molar-refractivity contribution in [1.82, 2.24) is 20.0 Å². The van der Waals surface area contributed by atoms with Crippen LogP contribution in [0.2, 0.25) is 0 Å². The van der Waals surface area contributed by atoms with Gasteiger partial charge in [-0.2, -0.15) is 0 Å². The quantitative estimate of drug-likeness (QED) is 0.548. The normalized spacial score (nSPS) is 18.0. The van der Waals surface area contributed by atoms with Crippen LogP contribution in [0.4, 0.5) is 0 Å². The molecule has 0 radical (unpaired) electrons. The fraction of sp³-hybridized carbons (Fsp3) is 1.00. The summed E-state index contributed by atoms with van der Waals surface area (Å²) in [7, 11) is 4.29. The van der Waals surface area contributed by atoms with Gasteiger partial charge in [0.1, 0.15) is 0 Å². The Morgan fingerprint density at radius 1 is 1.00 bits per heavy atom. The maximum atomic E-state index is 5.32. The van der Waals surface area contributed by atoms with Gasteiger partial charge in [-0.3, -0.25) is 9.80 Å². The molecule has 1 aliphatic heterocycles. The van der Waals surface area contributed by atoms with E-state index in [0.29, 0.717) is 0 Å². The van der Waals surface area contributed by atoms with Crippen LogP contribution in [0, 0.1) is 0 Å². The number of ether oxygens (including phenoxy) is 1. The van der Waals surface area contributed by atoms with Crippen molar-refractivity contribution in [3.63, 3.8) is 0 Å². The summed E-state index contributed by atoms with van der Waals surface area (Å²) in [5.41, 5.74) is 0. The van der Waals surface area contributed by atoms with Crippen molar-refractivity contribution in [1.29, 1.82) is 0 Å². The van der Waals surface area contributed by atoms with E-state index in [1.165, 1.54) is 45.8 Å². The lowest BCUT2D eigenvalue weighted by atomic mass is 10.3. The molecule has 1 heterocycles. The van der Waals surface area contributed by atoms with Crippen molar-refractivity contribution in [3.05, 3.63) is 0 Å². The van der Waals surface area contributed by atoms with Crippen LogP contribution in [-0.4, -0.2) is 101 Å². The fourth-order valence-electron chi connectivity index (χ4n) is 2.38. The number of piperazine rings is 1. The second kappa shape index (κ2) is 11.5. The van der Waals surface area contributed by atoms with Crippen molar-refractivity contribution in [2.24, 2.45) is 0 Å². The molecule has 0 aliphatic carbocycles. The Kier molecular flexibility index (Phi) is 10.2. The van der Waals surface area contributed by atoms with Gasteiger partial charge in [-0.15, -0.1) is 0 Å². The lowest BCUT2D eigenvalue weighted by molar-refractivity contribution is 0.125. The van der Waals surface area contributed by atoms with Crippen LogP contribution in [-0.2, 0) is 4.74 Å². The molecule has 0 spiro atoms. The third kappa shape index (κ3) is 8.87. The number of likely N-dealkylation sites (N-methyl/N-ethyl adjacent to an activating group) is 1. The molecule has 1 N–H and O–H groups in total. The summed E-state index contributed by atoms with van der Waals surface area (Å²) in [5.74, 6) is 0. The Labute approximate surface area is 125 Å². The average molecular weight is 286 g/mol. The summed E-state index contributed by atoms with van der Waals surface area (Å²) >= 11 is 0. The summed E-state index contributed by atoms with van der Waals surface area (Å²) in [6.45, 7) is 14.4. The van der Waals surface area contributed by atoms with E-state index in [2.05, 4.69) is 34.1 Å². The van der Waals surface area contributed by atoms with Gasteiger partial charge < -0.3 is 15.0 Å². The summed E-state index contributed by atoms with van der Waals surface area (Å²) in [6.07, 6.45) is 1.12. The van der Waals surface area contributed by atoms with E-state index in [9.17, 15) is 0 Å². The Hall–Kier alpha value is -0.200. The number of rotatable bonds is 11. The third-order valence-corrected chi connectivity index (χ3v) is 3.78. The molecule has 0 unspecified atom stereocenters. The van der Waals surface area contributed by atoms with Crippen LogP contribution in [0.3, 0.4) is 0 Å². The van der Waals surface area contributed by atoms with Crippen LogP contribution >= 0.6 is 0 Å². The van der Waals surface area contributed by atoms with Crippen molar-refractivity contribution in [2.45, 2.75) is 13.3 Å². The molecule has 1 fully saturated rings. The second-order valence-corrected chi connectivity index (χ2v) is 5.79. The summed E-state index contributed by atoms with van der Waals surface area (Å²) in [6, 6.07) is 0. The van der Waals surface area contributed by atoms with Gasteiger partial charge >= 0.3 is 0 Å². The van der Waals surface area contributed by atoms with E-state index in [4.69, 9.17) is 4.74 Å². The van der Waals surface area contributed by atoms with E-state index in [1.54, 1.807) is 0 Å². The van der Waals surface area contributed by atoms with Crippen LogP contribution in [0.25, 0.3) is 0 Å². The van der Waals surface area contributed by atoms with Gasteiger partial charge in [0.05, 0.1) is 0 Å². The van der Waals surface area contributed by atoms with Gasteiger partial charge in [-0.25, -0.2) is 0 Å². The Balaban J connectivity index is 1.92. The molecule has 0 amide bonds. The zero-order chi connectivity index (χ0) is 14.6. The molecule has 0 saturated carbocycles. The lowest BCUT2D eigenvalue weighted by Crippen LogP contribution is -2.49. The largest absolute Gasteiger partial charge is 0.382 e. The molecule has 1 saturated heterocycles. The molecule has 120 valence electrons. The molecule has 0 aromatic carbocycles. The number of nitrogens with zero attached hydrogens (tertiary/aromatic N) is 3. The monoisotopic (exact) mass is 286 g/mol. The number of hydrogen-bond donors (Lipinski definition) is 1. The first-order valence-electron chi connectivity index (χ1n) is 8.10. The molecule has 0 atom stereocenters. The highest BCUT2D eigenvalue weighted by Gasteiger charge is 2.15. The Morgan fingerprint density at radius 3 is 2.25 bits per heavy atom. The minimum Gasteiger partial charge on any atom is -0.382 e. The minimum absolute atomic E-state index is 0.831. The molecule has 20 heavy (non-hydrogen) atoms. The summed E-state index contributed by atoms with van der Waals surface area (Å²) in [5, 5.41) is 3.50. The highest BCUT2D eigenvalue weighted by atomic mass is 16.5. The van der Waals surface area contributed by atoms with E-state index >= 15 is 0 Å². The van der Waals surface area contributed by atoms with E-state index in [0.717, 1.165) is 32.7 Å². The Bertz CT molecular complexity index is 218. The van der Waals surface area contributed by atoms with Crippen molar-refractivity contribution in [3.8, 4) is 0 Å². The lowest BCUT2D eigenvalue weighted by Gasteiger charge is -2.35. The molecule has 0 aromatic rings. The van der Waals surface area contributed by atoms with Gasteiger partial charge in [0.25, 0.3) is 0 Å².